The van der Waals surface area contributed by atoms with Crippen molar-refractivity contribution in [2.24, 2.45) is 0 Å². The first-order valence-corrected chi connectivity index (χ1v) is 19.4. The second-order valence-electron chi connectivity index (χ2n) is 15.6. The van der Waals surface area contributed by atoms with Gasteiger partial charge in [0.1, 0.15) is 0 Å². The summed E-state index contributed by atoms with van der Waals surface area (Å²) in [5.41, 5.74) is 15.5. The van der Waals surface area contributed by atoms with Crippen LogP contribution in [0.1, 0.15) is 25.0 Å². The topological polar surface area (TPSA) is 0 Å². The Morgan fingerprint density at radius 2 is 0.673 bits per heavy atom. The van der Waals surface area contributed by atoms with Gasteiger partial charge in [0.05, 0.1) is 0 Å². The van der Waals surface area contributed by atoms with Gasteiger partial charge in [0.25, 0.3) is 0 Å². The van der Waals surface area contributed by atoms with Crippen LogP contribution in [0.2, 0.25) is 0 Å². The fourth-order valence-electron chi connectivity index (χ4n) is 9.90. The number of hydrogen-bond donors (Lipinski definition) is 0. The lowest BCUT2D eigenvalue weighted by Crippen LogP contribution is -2.16. The minimum absolute atomic E-state index is 0.153. The number of rotatable bonds is 4. The van der Waals surface area contributed by atoms with E-state index in [0.717, 1.165) is 0 Å². The van der Waals surface area contributed by atoms with Crippen LogP contribution < -0.4 is 0 Å². The van der Waals surface area contributed by atoms with Gasteiger partial charge in [-0.15, -0.1) is 0 Å². The molecule has 0 aliphatic heterocycles. The van der Waals surface area contributed by atoms with Crippen LogP contribution >= 0.6 is 0 Å². The Morgan fingerprint density at radius 1 is 0.273 bits per heavy atom. The highest BCUT2D eigenvalue weighted by Gasteiger charge is 2.38. The molecule has 0 radical (unpaired) electrons. The van der Waals surface area contributed by atoms with Crippen molar-refractivity contribution >= 4 is 43.1 Å². The van der Waals surface area contributed by atoms with E-state index in [9.17, 15) is 0 Å². The summed E-state index contributed by atoms with van der Waals surface area (Å²) in [4.78, 5) is 0. The molecule has 1 aliphatic carbocycles. The predicted molar refractivity (Wildman–Crippen MR) is 236 cm³/mol. The Labute approximate surface area is 322 Å². The van der Waals surface area contributed by atoms with Crippen LogP contribution in [0.15, 0.2) is 194 Å². The SMILES string of the molecule is CC1(C)c2c(-c3cccc(-c4c5ccccc5c(-c5cccc(-c6cccc7ccccc67)c5)c5ccccc45)c3)cccc2-c2ccc3ccccc3c21. The largest absolute Gasteiger partial charge is 0.0616 e. The molecule has 0 amide bonds. The van der Waals surface area contributed by atoms with Crippen molar-refractivity contribution in [3.05, 3.63) is 205 Å². The predicted octanol–water partition coefficient (Wildman–Crippen LogP) is 15.3. The smallest absolute Gasteiger partial charge is 0.0171 e. The summed E-state index contributed by atoms with van der Waals surface area (Å²) in [6.07, 6.45) is 0. The molecule has 11 rings (SSSR count). The molecule has 0 atom stereocenters. The highest BCUT2D eigenvalue weighted by atomic mass is 14.4. The van der Waals surface area contributed by atoms with E-state index in [2.05, 4.69) is 208 Å². The van der Waals surface area contributed by atoms with E-state index in [1.165, 1.54) is 110 Å². The van der Waals surface area contributed by atoms with E-state index in [4.69, 9.17) is 0 Å². The highest BCUT2D eigenvalue weighted by Crippen LogP contribution is 2.54. The number of hydrogen-bond acceptors (Lipinski definition) is 0. The van der Waals surface area contributed by atoms with Gasteiger partial charge in [-0.25, -0.2) is 0 Å². The third-order valence-electron chi connectivity index (χ3n) is 12.2. The van der Waals surface area contributed by atoms with E-state index in [1.54, 1.807) is 0 Å². The minimum atomic E-state index is -0.153. The first-order chi connectivity index (χ1) is 27.1. The highest BCUT2D eigenvalue weighted by molar-refractivity contribution is 6.21. The van der Waals surface area contributed by atoms with Gasteiger partial charge >= 0.3 is 0 Å². The Hall–Kier alpha value is -6.76. The van der Waals surface area contributed by atoms with Crippen LogP contribution in [-0.2, 0) is 5.41 Å². The molecule has 0 unspecified atom stereocenters. The molecule has 1 aliphatic rings. The molecule has 0 spiro atoms. The quantitative estimate of drug-likeness (QED) is 0.161. The lowest BCUT2D eigenvalue weighted by Gasteiger charge is -2.26. The molecule has 0 aromatic heterocycles. The van der Waals surface area contributed by atoms with Gasteiger partial charge in [0.2, 0.25) is 0 Å². The maximum absolute atomic E-state index is 2.43. The van der Waals surface area contributed by atoms with Gasteiger partial charge in [-0.05, 0) is 122 Å². The summed E-state index contributed by atoms with van der Waals surface area (Å²) in [6.45, 7) is 4.82. The fraction of sp³-hybridized carbons (Fsp3) is 0.0545. The molecule has 10 aromatic carbocycles. The van der Waals surface area contributed by atoms with Crippen LogP contribution in [0.4, 0.5) is 0 Å². The van der Waals surface area contributed by atoms with Crippen LogP contribution in [0.5, 0.6) is 0 Å². The minimum Gasteiger partial charge on any atom is -0.0616 e. The van der Waals surface area contributed by atoms with Crippen LogP contribution in [0.25, 0.3) is 98.7 Å². The van der Waals surface area contributed by atoms with Gasteiger partial charge in [-0.3, -0.25) is 0 Å². The van der Waals surface area contributed by atoms with Gasteiger partial charge in [-0.2, -0.15) is 0 Å². The summed E-state index contributed by atoms with van der Waals surface area (Å²) in [5.74, 6) is 0. The molecule has 0 nitrogen and oxygen atoms in total. The van der Waals surface area contributed by atoms with E-state index in [-0.39, 0.29) is 5.41 Å². The normalized spacial score (nSPS) is 13.1. The second-order valence-corrected chi connectivity index (χ2v) is 15.6. The van der Waals surface area contributed by atoms with Crippen LogP contribution in [-0.4, -0.2) is 0 Å². The molecule has 55 heavy (non-hydrogen) atoms. The fourth-order valence-corrected chi connectivity index (χ4v) is 9.90. The molecule has 10 aromatic rings. The summed E-state index contributed by atoms with van der Waals surface area (Å²) in [5, 5.41) is 10.2. The van der Waals surface area contributed by atoms with Gasteiger partial charge in [0, 0.05) is 5.41 Å². The lowest BCUT2D eigenvalue weighted by molar-refractivity contribution is 0.668. The van der Waals surface area contributed by atoms with Crippen LogP contribution in [0.3, 0.4) is 0 Å². The molecule has 0 bridgehead atoms. The molecule has 0 N–H and O–H groups in total. The van der Waals surface area contributed by atoms with Crippen molar-refractivity contribution in [3.8, 4) is 55.6 Å². The average Bonchev–Trinajstić information content (AvgIpc) is 3.49. The molecule has 0 fully saturated rings. The monoisotopic (exact) mass is 698 g/mol. The zero-order valence-electron chi connectivity index (χ0n) is 31.0. The average molecular weight is 699 g/mol. The Kier molecular flexibility index (Phi) is 7.00. The van der Waals surface area contributed by atoms with Gasteiger partial charge in [0.15, 0.2) is 0 Å². The first kappa shape index (κ1) is 31.7. The molecule has 0 heterocycles. The lowest BCUT2D eigenvalue weighted by atomic mass is 9.77. The maximum Gasteiger partial charge on any atom is 0.0171 e. The molecule has 0 saturated carbocycles. The Balaban J connectivity index is 1.10. The Morgan fingerprint density at radius 3 is 1.29 bits per heavy atom. The standard InChI is InChI=1S/C55H38/c1-55(2)53-43-23-6-4-16-36(43)31-32-50(53)49-30-14-29-44(54(49)55)38-19-12-21-40(34-38)52-47-26-9-7-24-45(47)51(46-25-8-10-27-48(46)52)39-20-11-18-37(33-39)42-28-13-17-35-15-3-5-22-41(35)42/h3-34H,1-2H3. The van der Waals surface area contributed by atoms with Crippen molar-refractivity contribution in [1.29, 1.82) is 0 Å². The molecule has 258 valence electrons. The molecular formula is C55H38. The van der Waals surface area contributed by atoms with Crippen molar-refractivity contribution < 1.29 is 0 Å². The zero-order valence-corrected chi connectivity index (χ0v) is 31.0. The Bertz CT molecular complexity index is 3110. The van der Waals surface area contributed by atoms with Crippen molar-refractivity contribution in [2.75, 3.05) is 0 Å². The van der Waals surface area contributed by atoms with Crippen molar-refractivity contribution in [2.45, 2.75) is 19.3 Å². The summed E-state index contributed by atoms with van der Waals surface area (Å²) >= 11 is 0. The number of benzene rings is 10. The number of fused-ring (bicyclic) bond motifs is 8. The van der Waals surface area contributed by atoms with Gasteiger partial charge < -0.3 is 0 Å². The summed E-state index contributed by atoms with van der Waals surface area (Å²) < 4.78 is 0. The third kappa shape index (κ3) is 4.78. The maximum atomic E-state index is 2.43. The summed E-state index contributed by atoms with van der Waals surface area (Å²) in [7, 11) is 0. The summed E-state index contributed by atoms with van der Waals surface area (Å²) in [6, 6.07) is 72.1. The van der Waals surface area contributed by atoms with E-state index in [1.807, 2.05) is 0 Å². The first-order valence-electron chi connectivity index (χ1n) is 19.4. The van der Waals surface area contributed by atoms with E-state index in [0.29, 0.717) is 0 Å². The second kappa shape index (κ2) is 12.1. The zero-order chi connectivity index (χ0) is 36.7. The molecule has 0 saturated heterocycles. The molecule has 0 heteroatoms. The molecular weight excluding hydrogens is 661 g/mol. The van der Waals surface area contributed by atoms with E-state index >= 15 is 0 Å². The third-order valence-corrected chi connectivity index (χ3v) is 12.2. The van der Waals surface area contributed by atoms with Crippen molar-refractivity contribution in [3.63, 3.8) is 0 Å². The van der Waals surface area contributed by atoms with Crippen molar-refractivity contribution in [1.82, 2.24) is 0 Å². The van der Waals surface area contributed by atoms with Crippen LogP contribution in [0, 0.1) is 0 Å². The van der Waals surface area contributed by atoms with Gasteiger partial charge in [-0.1, -0.05) is 196 Å². The van der Waals surface area contributed by atoms with E-state index < -0.39 is 0 Å².